The first kappa shape index (κ1) is 15.3. The Morgan fingerprint density at radius 1 is 1.52 bits per heavy atom. The first-order valence-electron chi connectivity index (χ1n) is 6.94. The maximum absolute atomic E-state index is 11.9. The van der Waals surface area contributed by atoms with E-state index in [1.54, 1.807) is 24.3 Å². The number of hydrogen-bond acceptors (Lipinski definition) is 4. The van der Waals surface area contributed by atoms with Crippen LogP contribution < -0.4 is 10.1 Å². The van der Waals surface area contributed by atoms with Gasteiger partial charge in [0.15, 0.2) is 0 Å². The van der Waals surface area contributed by atoms with Crippen molar-refractivity contribution in [1.82, 2.24) is 5.32 Å². The highest BCUT2D eigenvalue weighted by Gasteiger charge is 2.17. The lowest BCUT2D eigenvalue weighted by Crippen LogP contribution is -2.38. The molecule has 1 fully saturated rings. The van der Waals surface area contributed by atoms with Crippen molar-refractivity contribution < 1.29 is 24.2 Å². The number of amides is 1. The van der Waals surface area contributed by atoms with Crippen LogP contribution in [-0.2, 0) is 9.53 Å². The Hall–Kier alpha value is -2.08. The summed E-state index contributed by atoms with van der Waals surface area (Å²) in [5, 5.41) is 11.2. The fourth-order valence-corrected chi connectivity index (χ4v) is 2.03. The van der Waals surface area contributed by atoms with Crippen molar-refractivity contribution in [2.75, 3.05) is 13.2 Å². The lowest BCUT2D eigenvalue weighted by Gasteiger charge is -2.13. The van der Waals surface area contributed by atoms with Crippen LogP contribution in [0.15, 0.2) is 24.3 Å². The van der Waals surface area contributed by atoms with Gasteiger partial charge in [-0.1, -0.05) is 6.07 Å². The third-order valence-corrected chi connectivity index (χ3v) is 3.27. The fourth-order valence-electron chi connectivity index (χ4n) is 2.03. The van der Waals surface area contributed by atoms with Gasteiger partial charge in [-0.2, -0.15) is 0 Å². The average molecular weight is 293 g/mol. The van der Waals surface area contributed by atoms with E-state index in [0.717, 1.165) is 19.4 Å². The number of benzene rings is 1. The highest BCUT2D eigenvalue weighted by Crippen LogP contribution is 2.17. The lowest BCUT2D eigenvalue weighted by atomic mass is 10.2. The molecule has 6 heteroatoms. The summed E-state index contributed by atoms with van der Waals surface area (Å²) in [4.78, 5) is 22.6. The molecule has 1 unspecified atom stereocenters. The molecule has 0 bridgehead atoms. The maximum atomic E-state index is 11.9. The van der Waals surface area contributed by atoms with Gasteiger partial charge in [0.2, 0.25) is 0 Å². The summed E-state index contributed by atoms with van der Waals surface area (Å²) in [7, 11) is 0. The van der Waals surface area contributed by atoms with Gasteiger partial charge in [0.25, 0.3) is 5.91 Å². The van der Waals surface area contributed by atoms with Gasteiger partial charge in [-0.05, 0) is 38.0 Å². The van der Waals surface area contributed by atoms with E-state index in [1.807, 2.05) is 0 Å². The van der Waals surface area contributed by atoms with E-state index in [-0.39, 0.29) is 6.10 Å². The zero-order valence-electron chi connectivity index (χ0n) is 11.9. The van der Waals surface area contributed by atoms with Crippen LogP contribution in [0.5, 0.6) is 5.75 Å². The van der Waals surface area contributed by atoms with E-state index in [0.29, 0.717) is 17.9 Å². The van der Waals surface area contributed by atoms with Crippen molar-refractivity contribution in [1.29, 1.82) is 0 Å². The number of carbonyl (C=O) groups is 2. The van der Waals surface area contributed by atoms with Crippen molar-refractivity contribution in [2.24, 2.45) is 0 Å². The Labute approximate surface area is 123 Å². The molecule has 2 atom stereocenters. The minimum absolute atomic E-state index is 0.106. The molecule has 1 aliphatic rings. The molecule has 21 heavy (non-hydrogen) atoms. The Morgan fingerprint density at radius 3 is 3.00 bits per heavy atom. The summed E-state index contributed by atoms with van der Waals surface area (Å²) in [6.07, 6.45) is 2.13. The van der Waals surface area contributed by atoms with Gasteiger partial charge in [-0.25, -0.2) is 0 Å². The first-order valence-corrected chi connectivity index (χ1v) is 6.94. The number of carboxylic acids is 1. The molecule has 1 saturated heterocycles. The van der Waals surface area contributed by atoms with Crippen molar-refractivity contribution in [3.05, 3.63) is 29.8 Å². The van der Waals surface area contributed by atoms with Gasteiger partial charge in [0, 0.05) is 12.2 Å². The van der Waals surface area contributed by atoms with Gasteiger partial charge in [-0.15, -0.1) is 0 Å². The van der Waals surface area contributed by atoms with Gasteiger partial charge in [-0.3, -0.25) is 9.59 Å². The van der Waals surface area contributed by atoms with Crippen LogP contribution in [0.1, 0.15) is 30.1 Å². The number of ether oxygens (including phenoxy) is 2. The van der Waals surface area contributed by atoms with E-state index in [9.17, 15) is 9.59 Å². The molecule has 1 amide bonds. The molecule has 1 aromatic carbocycles. The monoisotopic (exact) mass is 293 g/mol. The summed E-state index contributed by atoms with van der Waals surface area (Å²) in [5.74, 6) is -0.942. The summed E-state index contributed by atoms with van der Waals surface area (Å²) < 4.78 is 11.1. The normalized spacial score (nSPS) is 19.0. The number of aliphatic carboxylic acids is 1. The molecular formula is C15H19NO5. The summed E-state index contributed by atoms with van der Waals surface area (Å²) in [6.45, 7) is 2.64. The minimum Gasteiger partial charge on any atom is -0.491 e. The smallest absolute Gasteiger partial charge is 0.325 e. The van der Waals surface area contributed by atoms with E-state index in [2.05, 4.69) is 5.32 Å². The van der Waals surface area contributed by atoms with Crippen LogP contribution in [0, 0.1) is 0 Å². The fraction of sp³-hybridized carbons (Fsp3) is 0.467. The maximum Gasteiger partial charge on any atom is 0.325 e. The van der Waals surface area contributed by atoms with Crippen LogP contribution >= 0.6 is 0 Å². The number of rotatable bonds is 6. The predicted molar refractivity (Wildman–Crippen MR) is 75.5 cm³/mol. The highest BCUT2D eigenvalue weighted by atomic mass is 16.5. The number of carboxylic acid groups (broad SMARTS) is 1. The lowest BCUT2D eigenvalue weighted by molar-refractivity contribution is -0.138. The Balaban J connectivity index is 1.93. The van der Waals surface area contributed by atoms with Crippen LogP contribution in [0.4, 0.5) is 0 Å². The summed E-state index contributed by atoms with van der Waals surface area (Å²) >= 11 is 0. The molecule has 0 saturated carbocycles. The summed E-state index contributed by atoms with van der Waals surface area (Å²) in [5.41, 5.74) is 0.368. The second-order valence-corrected chi connectivity index (χ2v) is 5.01. The second-order valence-electron chi connectivity index (χ2n) is 5.01. The van der Waals surface area contributed by atoms with Crippen molar-refractivity contribution in [3.63, 3.8) is 0 Å². The SMILES string of the molecule is C[C@@H](NC(=O)c1cccc(OCC2CCCO2)c1)C(=O)O. The number of hydrogen-bond donors (Lipinski definition) is 2. The topological polar surface area (TPSA) is 84.9 Å². The first-order chi connectivity index (χ1) is 10.1. The molecule has 0 aromatic heterocycles. The van der Waals surface area contributed by atoms with Crippen LogP contribution in [0.25, 0.3) is 0 Å². The molecule has 0 spiro atoms. The molecule has 1 heterocycles. The average Bonchev–Trinajstić information content (AvgIpc) is 2.98. The Bertz CT molecular complexity index is 511. The quantitative estimate of drug-likeness (QED) is 0.829. The van der Waals surface area contributed by atoms with Crippen molar-refractivity contribution in [3.8, 4) is 5.75 Å². The van der Waals surface area contributed by atoms with Gasteiger partial charge in [0.1, 0.15) is 18.4 Å². The largest absolute Gasteiger partial charge is 0.491 e. The molecular weight excluding hydrogens is 274 g/mol. The Morgan fingerprint density at radius 2 is 2.33 bits per heavy atom. The highest BCUT2D eigenvalue weighted by molar-refractivity contribution is 5.96. The molecule has 0 aliphatic carbocycles. The van der Waals surface area contributed by atoms with Crippen molar-refractivity contribution in [2.45, 2.75) is 31.9 Å². The van der Waals surface area contributed by atoms with Gasteiger partial charge in [0.05, 0.1) is 6.10 Å². The van der Waals surface area contributed by atoms with Crippen LogP contribution in [0.2, 0.25) is 0 Å². The minimum atomic E-state index is -1.07. The van der Waals surface area contributed by atoms with E-state index in [1.165, 1.54) is 6.92 Å². The van der Waals surface area contributed by atoms with Crippen LogP contribution in [-0.4, -0.2) is 42.3 Å². The molecule has 0 radical (unpaired) electrons. The van der Waals surface area contributed by atoms with E-state index < -0.39 is 17.9 Å². The third-order valence-electron chi connectivity index (χ3n) is 3.27. The van der Waals surface area contributed by atoms with E-state index >= 15 is 0 Å². The third kappa shape index (κ3) is 4.46. The Kier molecular flexibility index (Phi) is 5.16. The summed E-state index contributed by atoms with van der Waals surface area (Å²) in [6, 6.07) is 5.73. The van der Waals surface area contributed by atoms with Gasteiger partial charge < -0.3 is 19.9 Å². The van der Waals surface area contributed by atoms with E-state index in [4.69, 9.17) is 14.6 Å². The molecule has 2 N–H and O–H groups in total. The van der Waals surface area contributed by atoms with Gasteiger partial charge >= 0.3 is 5.97 Å². The van der Waals surface area contributed by atoms with Crippen molar-refractivity contribution >= 4 is 11.9 Å². The van der Waals surface area contributed by atoms with Crippen LogP contribution in [0.3, 0.4) is 0 Å². The molecule has 1 aromatic rings. The zero-order valence-corrected chi connectivity index (χ0v) is 11.9. The molecule has 1 aliphatic heterocycles. The standard InChI is InChI=1S/C15H19NO5/c1-10(15(18)19)16-14(17)11-4-2-5-12(8-11)21-9-13-6-3-7-20-13/h2,4-5,8,10,13H,3,6-7,9H2,1H3,(H,16,17)(H,18,19)/t10-,13?/m1/s1. The number of nitrogens with one attached hydrogen (secondary N) is 1. The molecule has 6 nitrogen and oxygen atoms in total. The molecule has 114 valence electrons. The number of carbonyl (C=O) groups excluding carboxylic acids is 1. The second kappa shape index (κ2) is 7.08. The predicted octanol–water partition coefficient (Wildman–Crippen LogP) is 1.45. The zero-order chi connectivity index (χ0) is 15.2. The molecule has 2 rings (SSSR count).